The largest absolute Gasteiger partial charge is 0.395 e. The molecule has 0 fully saturated rings. The van der Waals surface area contributed by atoms with Crippen LogP contribution in [0.5, 0.6) is 0 Å². The summed E-state index contributed by atoms with van der Waals surface area (Å²) in [5.74, 6) is -0.294. The Bertz CT molecular complexity index is 624. The van der Waals surface area contributed by atoms with Crippen LogP contribution >= 0.6 is 11.6 Å². The number of hydrogen-bond acceptors (Lipinski definition) is 2. The average molecular weight is 309 g/mol. The zero-order chi connectivity index (χ0) is 15.5. The van der Waals surface area contributed by atoms with Crippen LogP contribution in [0.1, 0.15) is 16.7 Å². The maximum absolute atomic E-state index is 13.2. The Morgan fingerprint density at radius 2 is 1.81 bits per heavy atom. The second kappa shape index (κ2) is 6.56. The molecule has 0 spiro atoms. The highest BCUT2D eigenvalue weighted by molar-refractivity contribution is 6.30. The lowest BCUT2D eigenvalue weighted by Gasteiger charge is -2.31. The molecule has 2 aromatic carbocycles. The lowest BCUT2D eigenvalue weighted by atomic mass is 9.76. The molecule has 21 heavy (non-hydrogen) atoms. The van der Waals surface area contributed by atoms with Gasteiger partial charge in [0.2, 0.25) is 0 Å². The van der Waals surface area contributed by atoms with Gasteiger partial charge in [-0.3, -0.25) is 0 Å². The van der Waals surface area contributed by atoms with E-state index in [9.17, 15) is 14.6 Å². The third-order valence-corrected chi connectivity index (χ3v) is 4.11. The van der Waals surface area contributed by atoms with E-state index in [0.717, 1.165) is 16.7 Å². The maximum Gasteiger partial charge on any atom is 0.123 e. The van der Waals surface area contributed by atoms with Crippen LogP contribution in [0.2, 0.25) is 5.02 Å². The van der Waals surface area contributed by atoms with Gasteiger partial charge >= 0.3 is 0 Å². The van der Waals surface area contributed by atoms with Crippen LogP contribution in [0.15, 0.2) is 42.5 Å². The summed E-state index contributed by atoms with van der Waals surface area (Å²) in [5, 5.41) is 20.3. The third kappa shape index (κ3) is 3.43. The van der Waals surface area contributed by atoms with E-state index in [1.165, 1.54) is 12.1 Å². The van der Waals surface area contributed by atoms with Gasteiger partial charge in [0.1, 0.15) is 5.82 Å². The molecule has 0 amide bonds. The molecule has 2 nitrogen and oxygen atoms in total. The highest BCUT2D eigenvalue weighted by atomic mass is 35.5. The van der Waals surface area contributed by atoms with Crippen LogP contribution in [0.3, 0.4) is 0 Å². The number of aryl methyl sites for hydroxylation is 1. The van der Waals surface area contributed by atoms with Gasteiger partial charge < -0.3 is 10.2 Å². The highest BCUT2D eigenvalue weighted by Gasteiger charge is 2.32. The first-order valence-electron chi connectivity index (χ1n) is 6.73. The molecule has 0 heterocycles. The Morgan fingerprint density at radius 3 is 2.38 bits per heavy atom. The van der Waals surface area contributed by atoms with Crippen molar-refractivity contribution in [2.45, 2.75) is 18.8 Å². The van der Waals surface area contributed by atoms with E-state index in [2.05, 4.69) is 0 Å². The van der Waals surface area contributed by atoms with E-state index in [4.69, 9.17) is 11.6 Å². The average Bonchev–Trinajstić information content (AvgIpc) is 2.47. The molecule has 0 radical (unpaired) electrons. The minimum Gasteiger partial charge on any atom is -0.395 e. The Labute approximate surface area is 128 Å². The van der Waals surface area contributed by atoms with E-state index in [1.807, 2.05) is 13.0 Å². The van der Waals surface area contributed by atoms with E-state index < -0.39 is 5.41 Å². The summed E-state index contributed by atoms with van der Waals surface area (Å²) in [6, 6.07) is 11.6. The summed E-state index contributed by atoms with van der Waals surface area (Å²) in [7, 11) is 0. The Hall–Kier alpha value is -1.42. The molecule has 4 heteroatoms. The van der Waals surface area contributed by atoms with E-state index in [-0.39, 0.29) is 19.0 Å². The van der Waals surface area contributed by atoms with Crippen LogP contribution in [-0.4, -0.2) is 23.4 Å². The molecule has 2 N–H and O–H groups in total. The predicted octanol–water partition coefficient (Wildman–Crippen LogP) is 3.25. The minimum absolute atomic E-state index is 0.222. The molecule has 112 valence electrons. The summed E-state index contributed by atoms with van der Waals surface area (Å²) in [6.07, 6.45) is 0.409. The van der Waals surface area contributed by atoms with Crippen molar-refractivity contribution in [3.8, 4) is 0 Å². The number of hydrogen-bond donors (Lipinski definition) is 2. The smallest absolute Gasteiger partial charge is 0.123 e. The fourth-order valence-corrected chi connectivity index (χ4v) is 2.68. The Kier molecular flexibility index (Phi) is 4.99. The molecule has 0 aromatic heterocycles. The standard InChI is InChI=1S/C17H18ClFO2/c1-12-7-16(19)6-5-13(12)9-17(10-20,11-21)14-3-2-4-15(18)8-14/h2-8,20-21H,9-11H2,1H3. The van der Waals surface area contributed by atoms with Crippen molar-refractivity contribution < 1.29 is 14.6 Å². The van der Waals surface area contributed by atoms with Gasteiger partial charge in [0.05, 0.1) is 13.2 Å². The van der Waals surface area contributed by atoms with E-state index in [0.29, 0.717) is 11.4 Å². The lowest BCUT2D eigenvalue weighted by molar-refractivity contribution is 0.116. The van der Waals surface area contributed by atoms with Crippen LogP contribution in [-0.2, 0) is 11.8 Å². The van der Waals surface area contributed by atoms with Gasteiger partial charge in [-0.2, -0.15) is 0 Å². The molecule has 0 aliphatic carbocycles. The second-order valence-electron chi connectivity index (χ2n) is 5.35. The number of aliphatic hydroxyl groups excluding tert-OH is 2. The molecule has 0 aliphatic heterocycles. The number of aliphatic hydroxyl groups is 2. The van der Waals surface area contributed by atoms with Gasteiger partial charge in [0.25, 0.3) is 0 Å². The van der Waals surface area contributed by atoms with Crippen LogP contribution < -0.4 is 0 Å². The quantitative estimate of drug-likeness (QED) is 0.890. The Balaban J connectivity index is 2.43. The lowest BCUT2D eigenvalue weighted by Crippen LogP contribution is -2.37. The molecular weight excluding hydrogens is 291 g/mol. The second-order valence-corrected chi connectivity index (χ2v) is 5.79. The fourth-order valence-electron chi connectivity index (χ4n) is 2.49. The molecular formula is C17H18ClFO2. The van der Waals surface area contributed by atoms with Crippen molar-refractivity contribution in [3.05, 3.63) is 70.0 Å². The SMILES string of the molecule is Cc1cc(F)ccc1CC(CO)(CO)c1cccc(Cl)c1. The first-order valence-corrected chi connectivity index (χ1v) is 7.11. The molecule has 0 aliphatic rings. The summed E-state index contributed by atoms with van der Waals surface area (Å²) in [5.41, 5.74) is 1.61. The van der Waals surface area contributed by atoms with E-state index >= 15 is 0 Å². The third-order valence-electron chi connectivity index (χ3n) is 3.88. The van der Waals surface area contributed by atoms with Crippen LogP contribution in [0.25, 0.3) is 0 Å². The summed E-state index contributed by atoms with van der Waals surface area (Å²) in [4.78, 5) is 0. The number of benzene rings is 2. The molecule has 0 bridgehead atoms. The van der Waals surface area contributed by atoms with Crippen molar-refractivity contribution >= 4 is 11.6 Å². The minimum atomic E-state index is -0.840. The van der Waals surface area contributed by atoms with Gasteiger partial charge in [0.15, 0.2) is 0 Å². The molecule has 0 saturated heterocycles. The van der Waals surface area contributed by atoms with Crippen LogP contribution in [0, 0.1) is 12.7 Å². The monoisotopic (exact) mass is 308 g/mol. The predicted molar refractivity (Wildman–Crippen MR) is 82.1 cm³/mol. The first kappa shape index (κ1) is 16.0. The summed E-state index contributed by atoms with van der Waals surface area (Å²) in [6.45, 7) is 1.37. The van der Waals surface area contributed by atoms with Gasteiger partial charge in [-0.1, -0.05) is 29.8 Å². The van der Waals surface area contributed by atoms with Gasteiger partial charge in [0, 0.05) is 10.4 Å². The van der Waals surface area contributed by atoms with Crippen molar-refractivity contribution in [1.82, 2.24) is 0 Å². The number of rotatable bonds is 5. The van der Waals surface area contributed by atoms with Crippen LogP contribution in [0.4, 0.5) is 4.39 Å². The maximum atomic E-state index is 13.2. The number of halogens is 2. The zero-order valence-corrected chi connectivity index (χ0v) is 12.6. The van der Waals surface area contributed by atoms with Crippen molar-refractivity contribution in [1.29, 1.82) is 0 Å². The normalized spacial score (nSPS) is 11.7. The van der Waals surface area contributed by atoms with Crippen molar-refractivity contribution in [2.75, 3.05) is 13.2 Å². The zero-order valence-electron chi connectivity index (χ0n) is 11.8. The van der Waals surface area contributed by atoms with Gasteiger partial charge in [-0.15, -0.1) is 0 Å². The molecule has 2 rings (SSSR count). The highest BCUT2D eigenvalue weighted by Crippen LogP contribution is 2.31. The molecule has 2 aromatic rings. The molecule has 0 unspecified atom stereocenters. The van der Waals surface area contributed by atoms with Crippen molar-refractivity contribution in [3.63, 3.8) is 0 Å². The van der Waals surface area contributed by atoms with Gasteiger partial charge in [-0.25, -0.2) is 4.39 Å². The van der Waals surface area contributed by atoms with Gasteiger partial charge in [-0.05, 0) is 54.3 Å². The van der Waals surface area contributed by atoms with E-state index in [1.54, 1.807) is 24.3 Å². The molecule has 0 atom stereocenters. The Morgan fingerprint density at radius 1 is 1.10 bits per heavy atom. The topological polar surface area (TPSA) is 40.5 Å². The molecule has 0 saturated carbocycles. The van der Waals surface area contributed by atoms with Crippen molar-refractivity contribution in [2.24, 2.45) is 0 Å². The summed E-state index contributed by atoms with van der Waals surface area (Å²) >= 11 is 6.01. The summed E-state index contributed by atoms with van der Waals surface area (Å²) < 4.78 is 13.2. The fraction of sp³-hybridized carbons (Fsp3) is 0.294. The first-order chi connectivity index (χ1) is 10.0.